The number of ether oxygens (including phenoxy) is 4. The van der Waals surface area contributed by atoms with E-state index in [1.165, 1.54) is 0 Å². The van der Waals surface area contributed by atoms with E-state index < -0.39 is 41.3 Å². The number of carbonyl (C=O) groups excluding carboxylic acids is 2. The first kappa shape index (κ1) is 20.5. The van der Waals surface area contributed by atoms with Crippen LogP contribution in [0.25, 0.3) is 0 Å². The third-order valence-corrected chi connectivity index (χ3v) is 4.02. The van der Waals surface area contributed by atoms with E-state index in [2.05, 4.69) is 5.92 Å². The minimum Gasteiger partial charge on any atom is -0.443 e. The second-order valence-corrected chi connectivity index (χ2v) is 8.59. The predicted octanol–water partition coefficient (Wildman–Crippen LogP) is 3.31. The van der Waals surface area contributed by atoms with Gasteiger partial charge in [-0.2, -0.15) is 0 Å². The summed E-state index contributed by atoms with van der Waals surface area (Å²) in [6, 6.07) is 0. The summed E-state index contributed by atoms with van der Waals surface area (Å²) in [7, 11) is 0. The Labute approximate surface area is 155 Å². The lowest BCUT2D eigenvalue weighted by Gasteiger charge is -2.33. The van der Waals surface area contributed by atoms with Gasteiger partial charge in [-0.1, -0.05) is 0 Å². The Bertz CT molecular complexity index is 583. The van der Waals surface area contributed by atoms with Crippen LogP contribution in [0, 0.1) is 18.3 Å². The van der Waals surface area contributed by atoms with Gasteiger partial charge in [0.2, 0.25) is 0 Å². The van der Waals surface area contributed by atoms with Gasteiger partial charge in [0.25, 0.3) is 0 Å². The monoisotopic (exact) mass is 367 g/mol. The van der Waals surface area contributed by atoms with Crippen molar-refractivity contribution in [1.29, 1.82) is 0 Å². The van der Waals surface area contributed by atoms with Gasteiger partial charge < -0.3 is 18.9 Å². The highest BCUT2D eigenvalue weighted by atomic mass is 16.8. The van der Waals surface area contributed by atoms with Crippen LogP contribution in [0.2, 0.25) is 0 Å². The average Bonchev–Trinajstić information content (AvgIpc) is 3.30. The zero-order valence-corrected chi connectivity index (χ0v) is 16.6. The molecule has 1 saturated carbocycles. The molecule has 2 fully saturated rings. The number of rotatable bonds is 4. The van der Waals surface area contributed by atoms with Crippen LogP contribution in [0.4, 0.5) is 9.59 Å². The summed E-state index contributed by atoms with van der Waals surface area (Å²) in [5, 5.41) is 0. The number of amides is 2. The summed E-state index contributed by atoms with van der Waals surface area (Å²) in [5.74, 6) is 2.30. The molecule has 2 unspecified atom stereocenters. The summed E-state index contributed by atoms with van der Waals surface area (Å²) in [6.07, 6.45) is 3.47. The quantitative estimate of drug-likeness (QED) is 0.560. The number of imide groups is 1. The van der Waals surface area contributed by atoms with E-state index in [1.54, 1.807) is 41.5 Å². The Morgan fingerprint density at radius 1 is 1.15 bits per heavy atom. The van der Waals surface area contributed by atoms with E-state index in [0.29, 0.717) is 13.0 Å². The molecule has 0 aromatic rings. The van der Waals surface area contributed by atoms with Crippen molar-refractivity contribution in [2.24, 2.45) is 5.92 Å². The van der Waals surface area contributed by atoms with Crippen molar-refractivity contribution in [3.8, 4) is 12.3 Å². The van der Waals surface area contributed by atoms with Gasteiger partial charge in [0.1, 0.15) is 22.8 Å². The van der Waals surface area contributed by atoms with Crippen molar-refractivity contribution in [3.05, 3.63) is 0 Å². The van der Waals surface area contributed by atoms with E-state index in [-0.39, 0.29) is 5.92 Å². The minimum absolute atomic E-state index is 0.335. The maximum absolute atomic E-state index is 12.9. The van der Waals surface area contributed by atoms with E-state index in [9.17, 15) is 9.59 Å². The fraction of sp³-hybridized carbons (Fsp3) is 0.789. The van der Waals surface area contributed by atoms with Gasteiger partial charge in [-0.15, -0.1) is 12.3 Å². The van der Waals surface area contributed by atoms with Gasteiger partial charge in [0.15, 0.2) is 6.29 Å². The average molecular weight is 367 g/mol. The normalized spacial score (nSPS) is 30.2. The number of terminal acetylenes is 1. The van der Waals surface area contributed by atoms with Crippen LogP contribution in [0.3, 0.4) is 0 Å². The van der Waals surface area contributed by atoms with E-state index in [4.69, 9.17) is 25.4 Å². The Balaban J connectivity index is 2.34. The van der Waals surface area contributed by atoms with Gasteiger partial charge >= 0.3 is 12.2 Å². The highest BCUT2D eigenvalue weighted by molar-refractivity contribution is 5.90. The van der Waals surface area contributed by atoms with Gasteiger partial charge in [0, 0.05) is 12.5 Å². The standard InChI is InChI=1S/C19H29NO6/c1-9-12-11-19(12,13-14(24-13)23-10-2)20(15(21)25-17(3,4)5)16(22)26-18(6,7)8/h1,12-14H,10-11H2,2-8H3/t12-,13?,14?,19-/m1/s1. The Hall–Kier alpha value is -1.78. The third-order valence-electron chi connectivity index (χ3n) is 4.02. The van der Waals surface area contributed by atoms with Crippen molar-refractivity contribution < 1.29 is 28.5 Å². The van der Waals surface area contributed by atoms with Crippen LogP contribution in [-0.4, -0.2) is 52.8 Å². The molecule has 0 radical (unpaired) electrons. The molecular weight excluding hydrogens is 338 g/mol. The third kappa shape index (κ3) is 4.30. The van der Waals surface area contributed by atoms with E-state index in [0.717, 1.165) is 4.90 Å². The molecular formula is C19H29NO6. The van der Waals surface area contributed by atoms with Gasteiger partial charge in [0.05, 0.1) is 0 Å². The molecule has 0 aromatic carbocycles. The molecule has 0 spiro atoms. The summed E-state index contributed by atoms with van der Waals surface area (Å²) in [6.45, 7) is 12.7. The maximum Gasteiger partial charge on any atom is 0.420 e. The number of epoxide rings is 1. The fourth-order valence-electron chi connectivity index (χ4n) is 2.93. The van der Waals surface area contributed by atoms with E-state index in [1.807, 2.05) is 6.92 Å². The SMILES string of the molecule is C#C[C@@H]1C[C@@]1(C1OC1OCC)N(C(=O)OC(C)(C)C)C(=O)OC(C)(C)C. The molecule has 7 heteroatoms. The first-order valence-corrected chi connectivity index (χ1v) is 8.85. The number of carbonyl (C=O) groups is 2. The molecule has 2 aliphatic rings. The van der Waals surface area contributed by atoms with Crippen LogP contribution < -0.4 is 0 Å². The molecule has 4 atom stereocenters. The Morgan fingerprint density at radius 2 is 1.65 bits per heavy atom. The zero-order chi connectivity index (χ0) is 19.9. The molecule has 1 saturated heterocycles. The van der Waals surface area contributed by atoms with Gasteiger partial charge in [-0.3, -0.25) is 0 Å². The lowest BCUT2D eigenvalue weighted by Crippen LogP contribution is -2.54. The molecule has 0 aromatic heterocycles. The van der Waals surface area contributed by atoms with E-state index >= 15 is 0 Å². The Kier molecular flexibility index (Phi) is 5.33. The fourth-order valence-corrected chi connectivity index (χ4v) is 2.93. The van der Waals surface area contributed by atoms with Crippen molar-refractivity contribution in [1.82, 2.24) is 4.90 Å². The zero-order valence-electron chi connectivity index (χ0n) is 16.6. The van der Waals surface area contributed by atoms with Crippen molar-refractivity contribution in [3.63, 3.8) is 0 Å². The number of hydrogen-bond donors (Lipinski definition) is 0. The second-order valence-electron chi connectivity index (χ2n) is 8.59. The summed E-state index contributed by atoms with van der Waals surface area (Å²) in [4.78, 5) is 26.7. The molecule has 7 nitrogen and oxygen atoms in total. The summed E-state index contributed by atoms with van der Waals surface area (Å²) < 4.78 is 22.0. The topological polar surface area (TPSA) is 77.6 Å². The van der Waals surface area contributed by atoms with Crippen LogP contribution >= 0.6 is 0 Å². The van der Waals surface area contributed by atoms with Crippen LogP contribution in [0.5, 0.6) is 0 Å². The molecule has 0 bridgehead atoms. The van der Waals surface area contributed by atoms with Crippen molar-refractivity contribution in [2.45, 2.75) is 84.0 Å². The first-order chi connectivity index (χ1) is 11.9. The van der Waals surface area contributed by atoms with Gasteiger partial charge in [-0.05, 0) is 54.9 Å². The molecule has 1 heterocycles. The number of hydrogen-bond acceptors (Lipinski definition) is 6. The van der Waals surface area contributed by atoms with Gasteiger partial charge in [-0.25, -0.2) is 14.5 Å². The molecule has 2 rings (SSSR count). The van der Waals surface area contributed by atoms with Crippen LogP contribution in [-0.2, 0) is 18.9 Å². The number of nitrogens with zero attached hydrogens (tertiary/aromatic N) is 1. The first-order valence-electron chi connectivity index (χ1n) is 8.85. The lowest BCUT2D eigenvalue weighted by molar-refractivity contribution is -0.0146. The highest BCUT2D eigenvalue weighted by Crippen LogP contribution is 2.58. The van der Waals surface area contributed by atoms with Crippen LogP contribution in [0.1, 0.15) is 54.9 Å². The molecule has 0 N–H and O–H groups in total. The molecule has 1 aliphatic heterocycles. The molecule has 2 amide bonds. The Morgan fingerprint density at radius 3 is 2.00 bits per heavy atom. The minimum atomic E-state index is -1.00. The largest absolute Gasteiger partial charge is 0.443 e. The maximum atomic E-state index is 12.9. The molecule has 146 valence electrons. The summed E-state index contributed by atoms with van der Waals surface area (Å²) in [5.41, 5.74) is -2.55. The lowest BCUT2D eigenvalue weighted by atomic mass is 10.1. The van der Waals surface area contributed by atoms with Crippen LogP contribution in [0.15, 0.2) is 0 Å². The summed E-state index contributed by atoms with van der Waals surface area (Å²) >= 11 is 0. The second kappa shape index (κ2) is 6.75. The highest BCUT2D eigenvalue weighted by Gasteiger charge is 2.74. The molecule has 1 aliphatic carbocycles. The van der Waals surface area contributed by atoms with Crippen molar-refractivity contribution in [2.75, 3.05) is 6.61 Å². The predicted molar refractivity (Wildman–Crippen MR) is 94.3 cm³/mol. The molecule has 26 heavy (non-hydrogen) atoms. The van der Waals surface area contributed by atoms with Crippen molar-refractivity contribution >= 4 is 12.2 Å². The smallest absolute Gasteiger partial charge is 0.420 e.